The van der Waals surface area contributed by atoms with Gasteiger partial charge in [-0.25, -0.2) is 0 Å². The molecule has 3 heteroatoms. The minimum Gasteiger partial charge on any atom is -0.384 e. The largest absolute Gasteiger partial charge is 0.384 e. The van der Waals surface area contributed by atoms with Crippen molar-refractivity contribution >= 4 is 0 Å². The summed E-state index contributed by atoms with van der Waals surface area (Å²) < 4.78 is 5.93. The van der Waals surface area contributed by atoms with E-state index in [0.29, 0.717) is 0 Å². The Hall–Kier alpha value is -1.34. The van der Waals surface area contributed by atoms with E-state index in [-0.39, 0.29) is 18.3 Å². The first-order valence-corrected chi connectivity index (χ1v) is 7.07. The lowest BCUT2D eigenvalue weighted by Gasteiger charge is -2.41. The van der Waals surface area contributed by atoms with Crippen LogP contribution in [0.3, 0.4) is 0 Å². The lowest BCUT2D eigenvalue weighted by atomic mass is 10.0. The Morgan fingerprint density at radius 1 is 1.45 bits per heavy atom. The summed E-state index contributed by atoms with van der Waals surface area (Å²) in [7, 11) is 0. The highest BCUT2D eigenvalue weighted by Gasteiger charge is 2.30. The summed E-state index contributed by atoms with van der Waals surface area (Å²) in [5, 5.41) is 8.75. The lowest BCUT2D eigenvalue weighted by Crippen LogP contribution is -2.51. The number of aliphatic hydroxyl groups excluding tert-OH is 1. The summed E-state index contributed by atoms with van der Waals surface area (Å²) in [4.78, 5) is 2.42. The molecule has 108 valence electrons. The van der Waals surface area contributed by atoms with Crippen molar-refractivity contribution in [3.63, 3.8) is 0 Å². The number of nitrogens with zero attached hydrogens (tertiary/aromatic N) is 1. The Morgan fingerprint density at radius 3 is 2.95 bits per heavy atom. The number of ether oxygens (including phenoxy) is 1. The smallest absolute Gasteiger partial charge is 0.104 e. The first kappa shape index (κ1) is 15.1. The maximum Gasteiger partial charge on any atom is 0.104 e. The normalized spacial score (nSPS) is 22.1. The van der Waals surface area contributed by atoms with E-state index in [1.54, 1.807) is 0 Å². The molecule has 1 aromatic carbocycles. The first-order valence-electron chi connectivity index (χ1n) is 7.07. The molecule has 1 aliphatic heterocycles. The third-order valence-corrected chi connectivity index (χ3v) is 3.28. The fraction of sp³-hybridized carbons (Fsp3) is 0.529. The van der Waals surface area contributed by atoms with Gasteiger partial charge in [0.2, 0.25) is 0 Å². The van der Waals surface area contributed by atoms with Crippen LogP contribution in [0.4, 0.5) is 0 Å². The molecule has 0 bridgehead atoms. The molecule has 1 atom stereocenters. The highest BCUT2D eigenvalue weighted by Crippen LogP contribution is 2.22. The van der Waals surface area contributed by atoms with Gasteiger partial charge in [-0.05, 0) is 38.5 Å². The molecule has 1 saturated heterocycles. The summed E-state index contributed by atoms with van der Waals surface area (Å²) in [5.74, 6) is 5.64. The predicted octanol–water partition coefficient (Wildman–Crippen LogP) is 2.03. The van der Waals surface area contributed by atoms with Gasteiger partial charge in [0.1, 0.15) is 6.61 Å². The zero-order chi connectivity index (χ0) is 14.6. The Labute approximate surface area is 121 Å². The van der Waals surface area contributed by atoms with Crippen LogP contribution in [0, 0.1) is 11.8 Å². The fourth-order valence-electron chi connectivity index (χ4n) is 2.85. The highest BCUT2D eigenvalue weighted by molar-refractivity contribution is 5.37. The van der Waals surface area contributed by atoms with Gasteiger partial charge in [-0.15, -0.1) is 0 Å². The van der Waals surface area contributed by atoms with Crippen molar-refractivity contribution in [3.05, 3.63) is 35.4 Å². The molecule has 1 aliphatic rings. The average molecular weight is 273 g/mol. The Kier molecular flexibility index (Phi) is 4.82. The van der Waals surface area contributed by atoms with Gasteiger partial charge < -0.3 is 9.84 Å². The van der Waals surface area contributed by atoms with Crippen LogP contribution in [0.2, 0.25) is 0 Å². The second-order valence-electron chi connectivity index (χ2n) is 6.02. The van der Waals surface area contributed by atoms with E-state index in [1.165, 1.54) is 5.56 Å². The molecule has 20 heavy (non-hydrogen) atoms. The molecule has 1 fully saturated rings. The molecule has 1 heterocycles. The van der Waals surface area contributed by atoms with Gasteiger partial charge in [-0.3, -0.25) is 4.90 Å². The Morgan fingerprint density at radius 2 is 2.25 bits per heavy atom. The fourth-order valence-corrected chi connectivity index (χ4v) is 2.85. The molecule has 2 rings (SSSR count). The van der Waals surface area contributed by atoms with Gasteiger partial charge in [0.25, 0.3) is 0 Å². The molecule has 0 saturated carbocycles. The number of hydrogen-bond acceptors (Lipinski definition) is 3. The molecule has 1 N–H and O–H groups in total. The monoisotopic (exact) mass is 273 g/mol. The number of rotatable bonds is 2. The van der Waals surface area contributed by atoms with Gasteiger partial charge in [-0.1, -0.05) is 24.0 Å². The van der Waals surface area contributed by atoms with E-state index >= 15 is 0 Å². The topological polar surface area (TPSA) is 32.7 Å². The van der Waals surface area contributed by atoms with Crippen molar-refractivity contribution in [3.8, 4) is 11.8 Å². The van der Waals surface area contributed by atoms with Crippen LogP contribution in [-0.2, 0) is 11.3 Å². The van der Waals surface area contributed by atoms with Crippen molar-refractivity contribution in [2.24, 2.45) is 0 Å². The van der Waals surface area contributed by atoms with Gasteiger partial charge in [0, 0.05) is 25.2 Å². The van der Waals surface area contributed by atoms with Crippen LogP contribution in [0.5, 0.6) is 0 Å². The average Bonchev–Trinajstić information content (AvgIpc) is 2.34. The van der Waals surface area contributed by atoms with Crippen molar-refractivity contribution in [2.45, 2.75) is 39.0 Å². The molecule has 0 radical (unpaired) electrons. The molecular formula is C17H23NO2. The third-order valence-electron chi connectivity index (χ3n) is 3.28. The van der Waals surface area contributed by atoms with E-state index in [9.17, 15) is 0 Å². The second-order valence-corrected chi connectivity index (χ2v) is 6.02. The van der Waals surface area contributed by atoms with Crippen LogP contribution in [0.1, 0.15) is 31.9 Å². The maximum atomic E-state index is 8.75. The van der Waals surface area contributed by atoms with Gasteiger partial charge >= 0.3 is 0 Å². The van der Waals surface area contributed by atoms with E-state index in [1.807, 2.05) is 12.1 Å². The van der Waals surface area contributed by atoms with Crippen molar-refractivity contribution in [2.75, 3.05) is 19.7 Å². The number of benzene rings is 1. The summed E-state index contributed by atoms with van der Waals surface area (Å²) in [5.41, 5.74) is 2.11. The van der Waals surface area contributed by atoms with Gasteiger partial charge in [0.15, 0.2) is 0 Å². The highest BCUT2D eigenvalue weighted by atomic mass is 16.5. The molecule has 1 aromatic rings. The number of aliphatic hydroxyl groups is 1. The predicted molar refractivity (Wildman–Crippen MR) is 80.3 cm³/mol. The minimum absolute atomic E-state index is 0.0913. The Bertz CT molecular complexity index is 513. The molecule has 3 nitrogen and oxygen atoms in total. The zero-order valence-corrected chi connectivity index (χ0v) is 12.5. The van der Waals surface area contributed by atoms with Crippen molar-refractivity contribution in [1.82, 2.24) is 4.90 Å². The van der Waals surface area contributed by atoms with E-state index in [2.05, 4.69) is 49.6 Å². The molecule has 0 aromatic heterocycles. The Balaban J connectivity index is 2.06. The molecular weight excluding hydrogens is 250 g/mol. The zero-order valence-electron chi connectivity index (χ0n) is 12.5. The summed E-state index contributed by atoms with van der Waals surface area (Å²) in [6.07, 6.45) is 0.260. The lowest BCUT2D eigenvalue weighted by molar-refractivity contribution is -0.130. The van der Waals surface area contributed by atoms with Crippen molar-refractivity contribution in [1.29, 1.82) is 0 Å². The van der Waals surface area contributed by atoms with E-state index < -0.39 is 0 Å². The minimum atomic E-state index is -0.0978. The standard InChI is InChI=1S/C17H23NO2/c1-14-11-18(13-17(2,3)20-14)12-16-7-4-6-15(10-16)8-5-9-19/h4,6-7,10,14,19H,9,11-13H2,1-3H3. The molecule has 1 unspecified atom stereocenters. The summed E-state index contributed by atoms with van der Waals surface area (Å²) in [6, 6.07) is 8.21. The van der Waals surface area contributed by atoms with Gasteiger partial charge in [-0.2, -0.15) is 0 Å². The van der Waals surface area contributed by atoms with Crippen LogP contribution in [-0.4, -0.2) is 41.4 Å². The van der Waals surface area contributed by atoms with E-state index in [4.69, 9.17) is 9.84 Å². The molecule has 0 spiro atoms. The third kappa shape index (κ3) is 4.35. The SMILES string of the molecule is CC1CN(Cc2cccc(C#CCO)c2)CC(C)(C)O1. The van der Waals surface area contributed by atoms with E-state index in [0.717, 1.165) is 25.2 Å². The van der Waals surface area contributed by atoms with Crippen molar-refractivity contribution < 1.29 is 9.84 Å². The van der Waals surface area contributed by atoms with Crippen LogP contribution < -0.4 is 0 Å². The van der Waals surface area contributed by atoms with Crippen LogP contribution in [0.25, 0.3) is 0 Å². The first-order chi connectivity index (χ1) is 9.48. The number of hydrogen-bond donors (Lipinski definition) is 1. The molecule has 0 amide bonds. The summed E-state index contributed by atoms with van der Waals surface area (Å²) in [6.45, 7) is 9.10. The van der Waals surface area contributed by atoms with Gasteiger partial charge in [0.05, 0.1) is 11.7 Å². The summed E-state index contributed by atoms with van der Waals surface area (Å²) >= 11 is 0. The maximum absolute atomic E-state index is 8.75. The number of morpholine rings is 1. The second kappa shape index (κ2) is 6.41. The quantitative estimate of drug-likeness (QED) is 0.837. The van der Waals surface area contributed by atoms with Crippen LogP contribution >= 0.6 is 0 Å². The molecule has 0 aliphatic carbocycles. The van der Waals surface area contributed by atoms with Crippen LogP contribution in [0.15, 0.2) is 24.3 Å².